The van der Waals surface area contributed by atoms with Crippen molar-refractivity contribution in [3.8, 4) is 0 Å². The van der Waals surface area contributed by atoms with Crippen LogP contribution in [0.5, 0.6) is 0 Å². The molecule has 0 aromatic carbocycles. The Kier molecular flexibility index (Phi) is 6.19. The highest BCUT2D eigenvalue weighted by Crippen LogP contribution is 2.33. The van der Waals surface area contributed by atoms with Gasteiger partial charge in [-0.05, 0) is 42.4 Å². The van der Waals surface area contributed by atoms with Crippen LogP contribution in [0.2, 0.25) is 0 Å². The molecule has 2 aliphatic heterocycles. The minimum Gasteiger partial charge on any atom is -0.312 e. The lowest BCUT2D eigenvalue weighted by atomic mass is 10.1. The van der Waals surface area contributed by atoms with Gasteiger partial charge in [-0.25, -0.2) is 4.41 Å². The average molecular weight is 320 g/mol. The maximum atomic E-state index is 12.1. The Bertz CT molecular complexity index is 346. The van der Waals surface area contributed by atoms with Crippen molar-refractivity contribution in [3.05, 3.63) is 22.8 Å². The molecule has 0 saturated carbocycles. The molecule has 0 unspecified atom stereocenters. The second kappa shape index (κ2) is 6.95. The highest BCUT2D eigenvalue weighted by Gasteiger charge is 2.31. The largest absolute Gasteiger partial charge is 0.399 e. The van der Waals surface area contributed by atoms with Gasteiger partial charge in [0.15, 0.2) is 0 Å². The number of halogens is 4. The number of hydrogen-bond acceptors (Lipinski definition) is 5. The summed E-state index contributed by atoms with van der Waals surface area (Å²) in [7, 11) is 0. The van der Waals surface area contributed by atoms with Crippen LogP contribution in [-0.2, 0) is 0 Å². The number of nitrogens with zero attached hydrogens (tertiary/aromatic N) is 1. The molecule has 9 heteroatoms. The molecule has 2 N–H and O–H groups in total. The van der Waals surface area contributed by atoms with Gasteiger partial charge in [0.2, 0.25) is 0 Å². The number of hydrazine groups is 1. The molecule has 0 radical (unpaired) electrons. The van der Waals surface area contributed by atoms with Crippen molar-refractivity contribution >= 4 is 36.3 Å². The van der Waals surface area contributed by atoms with E-state index >= 15 is 0 Å². The summed E-state index contributed by atoms with van der Waals surface area (Å²) in [4.78, 5) is 2.83. The lowest BCUT2D eigenvalue weighted by Crippen LogP contribution is -2.30. The minimum atomic E-state index is -4.15. The van der Waals surface area contributed by atoms with E-state index in [9.17, 15) is 13.2 Å². The third-order valence-electron chi connectivity index (χ3n) is 2.24. The topological polar surface area (TPSA) is 27.3 Å². The molecular formula is C9H13ClF3N3S2. The fourth-order valence-electron chi connectivity index (χ4n) is 1.51. The molecule has 0 saturated heterocycles. The van der Waals surface area contributed by atoms with E-state index < -0.39 is 11.9 Å². The van der Waals surface area contributed by atoms with Gasteiger partial charge >= 0.3 is 6.18 Å². The Labute approximate surface area is 118 Å². The van der Waals surface area contributed by atoms with E-state index in [1.807, 2.05) is 5.41 Å². The predicted molar refractivity (Wildman–Crippen MR) is 72.0 cm³/mol. The van der Waals surface area contributed by atoms with E-state index in [1.165, 1.54) is 16.4 Å². The Morgan fingerprint density at radius 1 is 1.44 bits per heavy atom. The van der Waals surface area contributed by atoms with Crippen molar-refractivity contribution in [3.63, 3.8) is 0 Å². The Balaban J connectivity index is 0.00000162. The van der Waals surface area contributed by atoms with Crippen molar-refractivity contribution < 1.29 is 13.2 Å². The van der Waals surface area contributed by atoms with Gasteiger partial charge in [0, 0.05) is 12.0 Å². The van der Waals surface area contributed by atoms with Crippen LogP contribution < -0.4 is 10.1 Å². The van der Waals surface area contributed by atoms with Crippen molar-refractivity contribution in [2.45, 2.75) is 12.6 Å². The summed E-state index contributed by atoms with van der Waals surface area (Å²) in [5.41, 5.74) is 1.86. The Morgan fingerprint density at radius 3 is 2.83 bits per heavy atom. The zero-order chi connectivity index (χ0) is 12.3. The first kappa shape index (κ1) is 16.0. The van der Waals surface area contributed by atoms with Gasteiger partial charge in [-0.3, -0.25) is 0 Å². The molecule has 2 rings (SSSR count). The van der Waals surface area contributed by atoms with E-state index in [0.717, 1.165) is 36.2 Å². The smallest absolute Gasteiger partial charge is 0.312 e. The molecule has 0 atom stereocenters. The third-order valence-corrected chi connectivity index (χ3v) is 3.99. The summed E-state index contributed by atoms with van der Waals surface area (Å²) in [6.07, 6.45) is -1.17. The zero-order valence-corrected chi connectivity index (χ0v) is 11.7. The molecule has 0 bridgehead atoms. The van der Waals surface area contributed by atoms with Gasteiger partial charge in [0.25, 0.3) is 0 Å². The highest BCUT2D eigenvalue weighted by molar-refractivity contribution is 8.02. The predicted octanol–water partition coefficient (Wildman–Crippen LogP) is 2.85. The van der Waals surface area contributed by atoms with Gasteiger partial charge in [0.1, 0.15) is 5.75 Å². The van der Waals surface area contributed by atoms with Crippen LogP contribution in [0.1, 0.15) is 6.42 Å². The monoisotopic (exact) mass is 319 g/mol. The van der Waals surface area contributed by atoms with Crippen LogP contribution in [0.15, 0.2) is 22.8 Å². The maximum absolute atomic E-state index is 12.1. The Hall–Kier alpha value is -0.0200. The SMILES string of the molecule is Cl.FC(F)(F)CSN1NSC=C1C1=CCCNC1. The van der Waals surface area contributed by atoms with Crippen LogP contribution in [-0.4, -0.2) is 29.4 Å². The van der Waals surface area contributed by atoms with Gasteiger partial charge in [-0.15, -0.1) is 12.4 Å². The minimum absolute atomic E-state index is 0. The number of rotatable bonds is 3. The average Bonchev–Trinajstić information content (AvgIpc) is 2.75. The molecule has 0 fully saturated rings. The van der Waals surface area contributed by atoms with Gasteiger partial charge in [-0.2, -0.15) is 18.0 Å². The summed E-state index contributed by atoms with van der Waals surface area (Å²) in [5.74, 6) is -0.890. The van der Waals surface area contributed by atoms with E-state index in [2.05, 4.69) is 16.2 Å². The summed E-state index contributed by atoms with van der Waals surface area (Å²) in [5, 5.41) is 5.04. The molecule has 0 spiro atoms. The number of alkyl halides is 3. The number of hydrogen-bond donors (Lipinski definition) is 2. The van der Waals surface area contributed by atoms with Crippen LogP contribution >= 0.6 is 36.3 Å². The highest BCUT2D eigenvalue weighted by atomic mass is 35.5. The Morgan fingerprint density at radius 2 is 2.22 bits per heavy atom. The van der Waals surface area contributed by atoms with Crippen LogP contribution in [0.4, 0.5) is 13.2 Å². The molecule has 18 heavy (non-hydrogen) atoms. The summed E-state index contributed by atoms with van der Waals surface area (Å²) < 4.78 is 37.9. The number of nitrogens with one attached hydrogen (secondary N) is 2. The molecule has 2 heterocycles. The standard InChI is InChI=1S/C9H12F3N3S2.ClH/c10-9(11,12)6-17-15-8(5-16-14-15)7-2-1-3-13-4-7;/h2,5,13-14H,1,3-4,6H2;1H. The first-order valence-corrected chi connectivity index (χ1v) is 6.90. The van der Waals surface area contributed by atoms with Crippen molar-refractivity contribution in [1.82, 2.24) is 14.6 Å². The van der Waals surface area contributed by atoms with Crippen LogP contribution in [0, 0.1) is 0 Å². The molecule has 3 nitrogen and oxygen atoms in total. The maximum Gasteiger partial charge on any atom is 0.399 e. The van der Waals surface area contributed by atoms with E-state index in [-0.39, 0.29) is 12.4 Å². The molecule has 0 aromatic rings. The first-order valence-electron chi connectivity index (χ1n) is 5.08. The molecule has 0 aliphatic carbocycles. The molecule has 0 amide bonds. The fraction of sp³-hybridized carbons (Fsp3) is 0.556. The van der Waals surface area contributed by atoms with Crippen molar-refractivity contribution in [1.29, 1.82) is 0 Å². The first-order chi connectivity index (χ1) is 8.06. The quantitative estimate of drug-likeness (QED) is 0.780. The summed E-state index contributed by atoms with van der Waals surface area (Å²) >= 11 is 2.02. The fourth-order valence-corrected chi connectivity index (χ4v) is 3.11. The second-order valence-corrected chi connectivity index (χ2v) is 5.16. The summed E-state index contributed by atoms with van der Waals surface area (Å²) in [6, 6.07) is 0. The van der Waals surface area contributed by atoms with Gasteiger partial charge in [0.05, 0.1) is 5.70 Å². The van der Waals surface area contributed by atoms with Crippen molar-refractivity contribution in [2.24, 2.45) is 0 Å². The molecule has 104 valence electrons. The summed E-state index contributed by atoms with van der Waals surface area (Å²) in [6.45, 7) is 1.63. The van der Waals surface area contributed by atoms with Gasteiger partial charge in [-0.1, -0.05) is 6.08 Å². The molecule has 2 aliphatic rings. The lowest BCUT2D eigenvalue weighted by Gasteiger charge is -2.24. The van der Waals surface area contributed by atoms with E-state index in [0.29, 0.717) is 6.54 Å². The third kappa shape index (κ3) is 4.58. The van der Waals surface area contributed by atoms with Gasteiger partial charge < -0.3 is 5.32 Å². The molecular weight excluding hydrogens is 307 g/mol. The van der Waals surface area contributed by atoms with E-state index in [1.54, 1.807) is 0 Å². The lowest BCUT2D eigenvalue weighted by molar-refractivity contribution is -0.105. The van der Waals surface area contributed by atoms with Crippen molar-refractivity contribution in [2.75, 3.05) is 18.8 Å². The second-order valence-electron chi connectivity index (χ2n) is 3.59. The van der Waals surface area contributed by atoms with Crippen LogP contribution in [0.3, 0.4) is 0 Å². The van der Waals surface area contributed by atoms with Crippen LogP contribution in [0.25, 0.3) is 0 Å². The van der Waals surface area contributed by atoms with E-state index in [4.69, 9.17) is 0 Å². The normalized spacial score (nSPS) is 20.3. The molecule has 0 aromatic heterocycles. The zero-order valence-electron chi connectivity index (χ0n) is 9.29.